The van der Waals surface area contributed by atoms with Gasteiger partial charge in [0.2, 0.25) is 0 Å². The molecule has 0 radical (unpaired) electrons. The summed E-state index contributed by atoms with van der Waals surface area (Å²) in [7, 11) is 0. The monoisotopic (exact) mass is 242 g/mol. The first-order chi connectivity index (χ1) is 8.70. The minimum Gasteiger partial charge on any atom is -0.271 e. The van der Waals surface area contributed by atoms with E-state index in [2.05, 4.69) is 22.0 Å². The fourth-order valence-electron chi connectivity index (χ4n) is 1.85. The molecule has 0 fully saturated rings. The molecule has 0 aliphatic heterocycles. The lowest BCUT2D eigenvalue weighted by Crippen LogP contribution is -2.28. The van der Waals surface area contributed by atoms with E-state index in [1.165, 1.54) is 0 Å². The number of hydrogen-bond acceptors (Lipinski definition) is 4. The molecule has 2 rings (SSSR count). The van der Waals surface area contributed by atoms with Gasteiger partial charge in [-0.2, -0.15) is 0 Å². The molecule has 0 saturated carbocycles. The van der Waals surface area contributed by atoms with Crippen molar-refractivity contribution in [3.63, 3.8) is 0 Å². The van der Waals surface area contributed by atoms with Crippen LogP contribution in [-0.4, -0.2) is 9.97 Å². The van der Waals surface area contributed by atoms with Gasteiger partial charge in [-0.25, -0.2) is 4.98 Å². The van der Waals surface area contributed by atoms with E-state index in [9.17, 15) is 0 Å². The molecule has 0 aliphatic rings. The maximum absolute atomic E-state index is 5.59. The van der Waals surface area contributed by atoms with E-state index in [4.69, 9.17) is 5.84 Å². The summed E-state index contributed by atoms with van der Waals surface area (Å²) in [6.07, 6.45) is 3.58. The van der Waals surface area contributed by atoms with Crippen LogP contribution >= 0.6 is 0 Å². The van der Waals surface area contributed by atoms with Gasteiger partial charge in [0, 0.05) is 0 Å². The van der Waals surface area contributed by atoms with Gasteiger partial charge in [-0.3, -0.25) is 16.3 Å². The number of allylic oxidation sites excluding steroid dienone is 1. The molecule has 18 heavy (non-hydrogen) atoms. The van der Waals surface area contributed by atoms with E-state index in [0.29, 0.717) is 0 Å². The summed E-state index contributed by atoms with van der Waals surface area (Å²) in [6.45, 7) is 5.91. The molecule has 0 bridgehead atoms. The molecule has 2 aromatic rings. The molecule has 1 heterocycles. The predicted octanol–water partition coefficient (Wildman–Crippen LogP) is 2.49. The Bertz CT molecular complexity index is 550. The largest absolute Gasteiger partial charge is 0.271 e. The van der Waals surface area contributed by atoms with Gasteiger partial charge in [0.1, 0.15) is 0 Å². The third-order valence-corrected chi connectivity index (χ3v) is 2.89. The third-order valence-electron chi connectivity index (χ3n) is 2.89. The summed E-state index contributed by atoms with van der Waals surface area (Å²) in [5, 5.41) is 0. The number of hydrazine groups is 1. The van der Waals surface area contributed by atoms with Gasteiger partial charge in [0.05, 0.1) is 29.0 Å². The van der Waals surface area contributed by atoms with Crippen LogP contribution in [-0.2, 0) is 0 Å². The van der Waals surface area contributed by atoms with Crippen molar-refractivity contribution in [2.75, 3.05) is 0 Å². The number of benzene rings is 1. The van der Waals surface area contributed by atoms with E-state index in [1.54, 1.807) is 6.20 Å². The fraction of sp³-hybridized carbons (Fsp3) is 0.286. The van der Waals surface area contributed by atoms with Crippen molar-refractivity contribution < 1.29 is 0 Å². The minimum atomic E-state index is 0.0128. The molecule has 94 valence electrons. The molecule has 0 aliphatic carbocycles. The number of rotatable bonds is 5. The zero-order valence-corrected chi connectivity index (χ0v) is 10.6. The smallest absolute Gasteiger partial charge is 0.0890 e. The quantitative estimate of drug-likeness (QED) is 0.480. The standard InChI is InChI=1S/C14H18N4/c1-10(2)7-8-13(18-15)14-9-16-11-5-3-4-6-12(11)17-14/h3-6,9,13,18H,1,7-8,15H2,2H3. The second-order valence-corrected chi connectivity index (χ2v) is 4.50. The van der Waals surface area contributed by atoms with Crippen molar-refractivity contribution in [2.45, 2.75) is 25.8 Å². The maximum Gasteiger partial charge on any atom is 0.0890 e. The van der Waals surface area contributed by atoms with Crippen molar-refractivity contribution in [3.8, 4) is 0 Å². The summed E-state index contributed by atoms with van der Waals surface area (Å²) in [5.41, 5.74) is 6.60. The highest BCUT2D eigenvalue weighted by Crippen LogP contribution is 2.19. The Labute approximate surface area is 107 Å². The van der Waals surface area contributed by atoms with E-state index in [1.807, 2.05) is 31.2 Å². The average Bonchev–Trinajstić information content (AvgIpc) is 2.39. The zero-order valence-electron chi connectivity index (χ0n) is 10.6. The molecule has 3 N–H and O–H groups in total. The highest BCUT2D eigenvalue weighted by Gasteiger charge is 2.12. The van der Waals surface area contributed by atoms with Crippen LogP contribution in [0.1, 0.15) is 31.5 Å². The molecule has 1 aromatic carbocycles. The first-order valence-electron chi connectivity index (χ1n) is 6.03. The number of nitrogens with zero attached hydrogens (tertiary/aromatic N) is 2. The van der Waals surface area contributed by atoms with Gasteiger partial charge >= 0.3 is 0 Å². The molecule has 4 nitrogen and oxygen atoms in total. The molecule has 1 atom stereocenters. The minimum absolute atomic E-state index is 0.0128. The Kier molecular flexibility index (Phi) is 4.02. The molecule has 1 unspecified atom stereocenters. The van der Waals surface area contributed by atoms with Crippen LogP contribution in [0.3, 0.4) is 0 Å². The van der Waals surface area contributed by atoms with Crippen LogP contribution < -0.4 is 11.3 Å². The Balaban J connectivity index is 2.24. The zero-order chi connectivity index (χ0) is 13.0. The summed E-state index contributed by atoms with van der Waals surface area (Å²) in [4.78, 5) is 8.99. The van der Waals surface area contributed by atoms with Crippen molar-refractivity contribution in [1.82, 2.24) is 15.4 Å². The number of aromatic nitrogens is 2. The Hall–Kier alpha value is -1.78. The van der Waals surface area contributed by atoms with E-state index < -0.39 is 0 Å². The molecule has 0 amide bonds. The Morgan fingerprint density at radius 1 is 1.39 bits per heavy atom. The van der Waals surface area contributed by atoms with Crippen LogP contribution in [0.2, 0.25) is 0 Å². The lowest BCUT2D eigenvalue weighted by atomic mass is 10.1. The predicted molar refractivity (Wildman–Crippen MR) is 73.7 cm³/mol. The van der Waals surface area contributed by atoms with E-state index >= 15 is 0 Å². The van der Waals surface area contributed by atoms with E-state index in [0.717, 1.165) is 35.1 Å². The van der Waals surface area contributed by atoms with Crippen molar-refractivity contribution in [3.05, 3.63) is 48.3 Å². The van der Waals surface area contributed by atoms with Crippen LogP contribution in [0, 0.1) is 0 Å². The number of nitrogens with one attached hydrogen (secondary N) is 1. The molecule has 4 heteroatoms. The summed E-state index contributed by atoms with van der Waals surface area (Å²) in [5.74, 6) is 5.59. The fourth-order valence-corrected chi connectivity index (χ4v) is 1.85. The first-order valence-corrected chi connectivity index (χ1v) is 6.03. The average molecular weight is 242 g/mol. The van der Waals surface area contributed by atoms with Gasteiger partial charge in [0.25, 0.3) is 0 Å². The Morgan fingerprint density at radius 3 is 2.78 bits per heavy atom. The van der Waals surface area contributed by atoms with Crippen molar-refractivity contribution >= 4 is 11.0 Å². The molecule has 0 saturated heterocycles. The lowest BCUT2D eigenvalue weighted by molar-refractivity contribution is 0.504. The lowest BCUT2D eigenvalue weighted by Gasteiger charge is -2.15. The van der Waals surface area contributed by atoms with Gasteiger partial charge in [-0.1, -0.05) is 17.7 Å². The van der Waals surface area contributed by atoms with Crippen LogP contribution in [0.4, 0.5) is 0 Å². The number of nitrogens with two attached hydrogens (primary N) is 1. The number of hydrogen-bond donors (Lipinski definition) is 2. The van der Waals surface area contributed by atoms with Gasteiger partial charge < -0.3 is 0 Å². The molecule has 1 aromatic heterocycles. The van der Waals surface area contributed by atoms with Crippen molar-refractivity contribution in [1.29, 1.82) is 0 Å². The normalized spacial score (nSPS) is 12.6. The van der Waals surface area contributed by atoms with Crippen molar-refractivity contribution in [2.24, 2.45) is 5.84 Å². The highest BCUT2D eigenvalue weighted by molar-refractivity contribution is 5.73. The molecular weight excluding hydrogens is 224 g/mol. The van der Waals surface area contributed by atoms with E-state index in [-0.39, 0.29) is 6.04 Å². The van der Waals surface area contributed by atoms with Gasteiger partial charge in [-0.15, -0.1) is 6.58 Å². The Morgan fingerprint density at radius 2 is 2.11 bits per heavy atom. The maximum atomic E-state index is 5.59. The topological polar surface area (TPSA) is 63.8 Å². The van der Waals surface area contributed by atoms with Gasteiger partial charge in [-0.05, 0) is 31.9 Å². The second-order valence-electron chi connectivity index (χ2n) is 4.50. The second kappa shape index (κ2) is 5.71. The number of para-hydroxylation sites is 2. The molecule has 0 spiro atoms. The molecular formula is C14H18N4. The van der Waals surface area contributed by atoms with Crippen LogP contribution in [0.25, 0.3) is 11.0 Å². The van der Waals surface area contributed by atoms with Crippen LogP contribution in [0.5, 0.6) is 0 Å². The first kappa shape index (κ1) is 12.7. The number of fused-ring (bicyclic) bond motifs is 1. The SMILES string of the molecule is C=C(C)CCC(NN)c1cnc2ccccc2n1. The highest BCUT2D eigenvalue weighted by atomic mass is 15.2. The summed E-state index contributed by atoms with van der Waals surface area (Å²) in [6, 6.07) is 7.83. The third kappa shape index (κ3) is 2.91. The summed E-state index contributed by atoms with van der Waals surface area (Å²) < 4.78 is 0. The van der Waals surface area contributed by atoms with Gasteiger partial charge in [0.15, 0.2) is 0 Å². The summed E-state index contributed by atoms with van der Waals surface area (Å²) >= 11 is 0. The van der Waals surface area contributed by atoms with Crippen LogP contribution in [0.15, 0.2) is 42.6 Å².